The van der Waals surface area contributed by atoms with Gasteiger partial charge in [-0.15, -0.1) is 0 Å². The highest BCUT2D eigenvalue weighted by atomic mass is 16.2. The Hall–Kier alpha value is -3.99. The minimum atomic E-state index is -0.182. The largest absolute Gasteiger partial charge is 0.326 e. The molecule has 0 unspecified atom stereocenters. The van der Waals surface area contributed by atoms with Gasteiger partial charge in [0.05, 0.1) is 16.8 Å². The van der Waals surface area contributed by atoms with Crippen LogP contribution in [0.3, 0.4) is 0 Å². The summed E-state index contributed by atoms with van der Waals surface area (Å²) in [6.45, 7) is 5.48. The van der Waals surface area contributed by atoms with Crippen molar-refractivity contribution in [2.45, 2.75) is 20.8 Å². The molecular weight excluding hydrogens is 386 g/mol. The molecule has 0 radical (unpaired) electrons. The molecule has 0 spiro atoms. The highest BCUT2D eigenvalue weighted by Gasteiger charge is 2.15. The Morgan fingerprint density at radius 1 is 0.742 bits per heavy atom. The van der Waals surface area contributed by atoms with Crippen LogP contribution in [0.15, 0.2) is 72.8 Å². The van der Waals surface area contributed by atoms with E-state index in [4.69, 9.17) is 4.98 Å². The zero-order chi connectivity index (χ0) is 22.0. The average Bonchev–Trinajstić information content (AvgIpc) is 2.74. The fraction of sp³-hybridized carbons (Fsp3) is 0.115. The van der Waals surface area contributed by atoms with Gasteiger partial charge in [-0.1, -0.05) is 41.5 Å². The van der Waals surface area contributed by atoms with E-state index >= 15 is 0 Å². The summed E-state index contributed by atoms with van der Waals surface area (Å²) in [5.41, 5.74) is 6.53. The molecule has 154 valence electrons. The summed E-state index contributed by atoms with van der Waals surface area (Å²) in [4.78, 5) is 29.2. The normalized spacial score (nSPS) is 10.7. The maximum Gasteiger partial charge on any atom is 0.256 e. The molecule has 0 aliphatic heterocycles. The minimum absolute atomic E-state index is 0.123. The number of pyridine rings is 1. The van der Waals surface area contributed by atoms with Crippen molar-refractivity contribution >= 4 is 34.1 Å². The van der Waals surface area contributed by atoms with Gasteiger partial charge in [0.2, 0.25) is 5.91 Å². The summed E-state index contributed by atoms with van der Waals surface area (Å²) in [5, 5.41) is 6.56. The van der Waals surface area contributed by atoms with Crippen molar-refractivity contribution in [3.8, 4) is 11.3 Å². The van der Waals surface area contributed by atoms with Crippen molar-refractivity contribution in [3.05, 3.63) is 89.5 Å². The van der Waals surface area contributed by atoms with E-state index in [1.54, 1.807) is 0 Å². The molecule has 0 saturated carbocycles. The summed E-state index contributed by atoms with van der Waals surface area (Å²) < 4.78 is 0. The number of nitrogens with zero attached hydrogens (tertiary/aromatic N) is 1. The Balaban J connectivity index is 1.76. The second kappa shape index (κ2) is 8.40. The fourth-order valence-electron chi connectivity index (χ4n) is 3.44. The first-order valence-electron chi connectivity index (χ1n) is 10.1. The maximum absolute atomic E-state index is 13.2. The molecule has 1 aromatic heterocycles. The number of hydrogen-bond donors (Lipinski definition) is 2. The highest BCUT2D eigenvalue weighted by Crippen LogP contribution is 2.27. The molecule has 0 atom stereocenters. The molecule has 2 amide bonds. The summed E-state index contributed by atoms with van der Waals surface area (Å²) in [6, 6.07) is 22.8. The molecule has 31 heavy (non-hydrogen) atoms. The first kappa shape index (κ1) is 20.3. The number of aryl methyl sites for hydroxylation is 2. The van der Waals surface area contributed by atoms with Crippen molar-refractivity contribution in [2.24, 2.45) is 0 Å². The second-order valence-corrected chi connectivity index (χ2v) is 7.65. The molecule has 0 aliphatic rings. The van der Waals surface area contributed by atoms with E-state index in [1.807, 2.05) is 86.6 Å². The van der Waals surface area contributed by atoms with Crippen LogP contribution in [0.2, 0.25) is 0 Å². The molecule has 1 heterocycles. The Morgan fingerprint density at radius 2 is 1.35 bits per heavy atom. The number of fused-ring (bicyclic) bond motifs is 1. The first-order valence-corrected chi connectivity index (χ1v) is 10.1. The second-order valence-electron chi connectivity index (χ2n) is 7.65. The number of carbonyl (C=O) groups is 2. The van der Waals surface area contributed by atoms with E-state index in [9.17, 15) is 9.59 Å². The maximum atomic E-state index is 13.2. The summed E-state index contributed by atoms with van der Waals surface area (Å²) in [6.07, 6.45) is 0. The van der Waals surface area contributed by atoms with Crippen molar-refractivity contribution in [1.82, 2.24) is 4.98 Å². The molecule has 0 bridgehead atoms. The van der Waals surface area contributed by atoms with Crippen LogP contribution >= 0.6 is 0 Å². The van der Waals surface area contributed by atoms with Crippen LogP contribution in [0.25, 0.3) is 22.2 Å². The van der Waals surface area contributed by atoms with Crippen molar-refractivity contribution < 1.29 is 9.59 Å². The van der Waals surface area contributed by atoms with Crippen LogP contribution in [-0.4, -0.2) is 16.8 Å². The first-order chi connectivity index (χ1) is 14.9. The number of amides is 2. The van der Waals surface area contributed by atoms with Gasteiger partial charge in [0, 0.05) is 29.2 Å². The molecule has 0 saturated heterocycles. The predicted octanol–water partition coefficient (Wildman–Crippen LogP) is 5.73. The number of aromatic nitrogens is 1. The van der Waals surface area contributed by atoms with Crippen molar-refractivity contribution in [3.63, 3.8) is 0 Å². The van der Waals surface area contributed by atoms with Crippen LogP contribution in [0.5, 0.6) is 0 Å². The van der Waals surface area contributed by atoms with Crippen LogP contribution in [0, 0.1) is 13.8 Å². The molecule has 0 fully saturated rings. The Kier molecular flexibility index (Phi) is 5.50. The number of hydrogen-bond acceptors (Lipinski definition) is 3. The van der Waals surface area contributed by atoms with Gasteiger partial charge in [0.15, 0.2) is 0 Å². The SMILES string of the molecule is CC(=O)Nc1ccc(-c2cc(C(=O)Nc3ccc(C)cc3)c3cc(C)ccc3n2)cc1. The lowest BCUT2D eigenvalue weighted by Gasteiger charge is -2.12. The molecule has 5 heteroatoms. The lowest BCUT2D eigenvalue weighted by atomic mass is 10.0. The topological polar surface area (TPSA) is 71.1 Å². The molecule has 4 aromatic rings. The van der Waals surface area contributed by atoms with Crippen molar-refractivity contribution in [2.75, 3.05) is 10.6 Å². The van der Waals surface area contributed by atoms with Gasteiger partial charge in [0.1, 0.15) is 0 Å². The quantitative estimate of drug-likeness (QED) is 0.452. The Bertz CT molecular complexity index is 1280. The number of nitrogens with one attached hydrogen (secondary N) is 2. The van der Waals surface area contributed by atoms with E-state index < -0.39 is 0 Å². The Labute approximate surface area is 181 Å². The van der Waals surface area contributed by atoms with E-state index in [-0.39, 0.29) is 11.8 Å². The number of carbonyl (C=O) groups excluding carboxylic acids is 2. The van der Waals surface area contributed by atoms with Crippen LogP contribution < -0.4 is 10.6 Å². The number of benzene rings is 3. The lowest BCUT2D eigenvalue weighted by molar-refractivity contribution is -0.114. The molecule has 2 N–H and O–H groups in total. The van der Waals surface area contributed by atoms with Gasteiger partial charge >= 0.3 is 0 Å². The van der Waals surface area contributed by atoms with Crippen molar-refractivity contribution in [1.29, 1.82) is 0 Å². The highest BCUT2D eigenvalue weighted by molar-refractivity contribution is 6.13. The van der Waals surface area contributed by atoms with Gasteiger partial charge in [-0.3, -0.25) is 9.59 Å². The average molecular weight is 409 g/mol. The third kappa shape index (κ3) is 4.61. The zero-order valence-electron chi connectivity index (χ0n) is 17.7. The van der Waals surface area contributed by atoms with Crippen LogP contribution in [-0.2, 0) is 4.79 Å². The number of anilines is 2. The molecule has 3 aromatic carbocycles. The van der Waals surface area contributed by atoms with E-state index in [0.29, 0.717) is 16.9 Å². The summed E-state index contributed by atoms with van der Waals surface area (Å²) in [5.74, 6) is -0.306. The lowest BCUT2D eigenvalue weighted by Crippen LogP contribution is -2.13. The van der Waals surface area contributed by atoms with Gasteiger partial charge in [-0.05, 0) is 56.3 Å². The summed E-state index contributed by atoms with van der Waals surface area (Å²) in [7, 11) is 0. The van der Waals surface area contributed by atoms with E-state index in [1.165, 1.54) is 6.92 Å². The fourth-order valence-corrected chi connectivity index (χ4v) is 3.44. The van der Waals surface area contributed by atoms with Crippen LogP contribution in [0.4, 0.5) is 11.4 Å². The molecule has 4 rings (SSSR count). The molecule has 0 aliphatic carbocycles. The predicted molar refractivity (Wildman–Crippen MR) is 125 cm³/mol. The number of rotatable bonds is 4. The molecule has 5 nitrogen and oxygen atoms in total. The molecular formula is C26H23N3O2. The van der Waals surface area contributed by atoms with Gasteiger partial charge in [0.25, 0.3) is 5.91 Å². The third-order valence-electron chi connectivity index (χ3n) is 5.02. The van der Waals surface area contributed by atoms with Gasteiger partial charge < -0.3 is 10.6 Å². The summed E-state index contributed by atoms with van der Waals surface area (Å²) >= 11 is 0. The van der Waals surface area contributed by atoms with Gasteiger partial charge in [-0.25, -0.2) is 4.98 Å². The minimum Gasteiger partial charge on any atom is -0.326 e. The van der Waals surface area contributed by atoms with Gasteiger partial charge in [-0.2, -0.15) is 0 Å². The zero-order valence-corrected chi connectivity index (χ0v) is 17.7. The van der Waals surface area contributed by atoms with E-state index in [2.05, 4.69) is 10.6 Å². The standard InChI is InChI=1S/C26H23N3O2/c1-16-4-9-21(10-5-16)28-26(31)23-15-25(29-24-13-6-17(2)14-22(23)24)19-7-11-20(12-8-19)27-18(3)30/h4-15H,1-3H3,(H,27,30)(H,28,31). The van der Waals surface area contributed by atoms with E-state index in [0.717, 1.165) is 33.3 Å². The van der Waals surface area contributed by atoms with Crippen LogP contribution in [0.1, 0.15) is 28.4 Å². The third-order valence-corrected chi connectivity index (χ3v) is 5.02. The Morgan fingerprint density at radius 3 is 2.03 bits per heavy atom. The monoisotopic (exact) mass is 409 g/mol. The smallest absolute Gasteiger partial charge is 0.256 e.